The molecule has 4 nitrogen and oxygen atoms in total. The van der Waals surface area contributed by atoms with Gasteiger partial charge in [0.2, 0.25) is 0 Å². The van der Waals surface area contributed by atoms with E-state index in [1.54, 1.807) is 23.9 Å². The molecule has 1 rings (SSSR count). The molecule has 0 spiro atoms. The number of carbonyl (C=O) groups is 2. The highest BCUT2D eigenvalue weighted by Crippen LogP contribution is 2.15. The summed E-state index contributed by atoms with van der Waals surface area (Å²) in [5, 5.41) is 3.01. The Morgan fingerprint density at radius 1 is 1.56 bits per heavy atom. The maximum atomic E-state index is 12.1. The smallest absolute Gasteiger partial charge is 0.265 e. The second-order valence-electron chi connectivity index (χ2n) is 3.86. The van der Waals surface area contributed by atoms with Crippen molar-refractivity contribution in [1.29, 1.82) is 0 Å². The number of hydrogen-bond acceptors (Lipinski definition) is 4. The first kappa shape index (κ1) is 14.9. The van der Waals surface area contributed by atoms with Crippen molar-refractivity contribution in [2.75, 3.05) is 12.8 Å². The minimum Gasteiger partial charge on any atom is -0.298 e. The Balaban J connectivity index is 2.89. The molecule has 0 saturated carbocycles. The van der Waals surface area contributed by atoms with Crippen LogP contribution >= 0.6 is 24.0 Å². The van der Waals surface area contributed by atoms with Crippen molar-refractivity contribution in [2.45, 2.75) is 18.6 Å². The van der Waals surface area contributed by atoms with Gasteiger partial charge in [-0.2, -0.15) is 11.8 Å². The quantitative estimate of drug-likeness (QED) is 0.360. The molecule has 2 amide bonds. The zero-order valence-corrected chi connectivity index (χ0v) is 12.1. The Labute approximate surface area is 116 Å². The van der Waals surface area contributed by atoms with Crippen molar-refractivity contribution >= 4 is 40.9 Å². The van der Waals surface area contributed by atoms with Crippen molar-refractivity contribution in [2.24, 2.45) is 0 Å². The van der Waals surface area contributed by atoms with Crippen LogP contribution in [0.1, 0.15) is 13.3 Å². The van der Waals surface area contributed by atoms with Crippen LogP contribution in [-0.4, -0.2) is 39.9 Å². The van der Waals surface area contributed by atoms with Gasteiger partial charge in [0.05, 0.1) is 0 Å². The third-order valence-corrected chi connectivity index (χ3v) is 3.87. The van der Waals surface area contributed by atoms with E-state index in [4.69, 9.17) is 12.2 Å². The van der Waals surface area contributed by atoms with Crippen LogP contribution in [0, 0.1) is 0 Å². The average Bonchev–Trinajstić information content (AvgIpc) is 2.33. The van der Waals surface area contributed by atoms with Crippen LogP contribution in [0.15, 0.2) is 24.3 Å². The number of allylic oxidation sites excluding steroid dienone is 1. The lowest BCUT2D eigenvalue weighted by molar-refractivity contribution is -0.128. The molecule has 18 heavy (non-hydrogen) atoms. The molecule has 0 aromatic heterocycles. The topological polar surface area (TPSA) is 49.4 Å². The number of nitrogens with zero attached hydrogens (tertiary/aromatic N) is 1. The SMILES string of the molecule is C=CCN1C(=O)/C(=C\CC(C)SC)C(=O)NC1=S. The molecule has 1 heterocycles. The van der Waals surface area contributed by atoms with Gasteiger partial charge >= 0.3 is 0 Å². The summed E-state index contributed by atoms with van der Waals surface area (Å²) in [6, 6.07) is 0. The second-order valence-corrected chi connectivity index (χ2v) is 5.53. The van der Waals surface area contributed by atoms with E-state index in [0.717, 1.165) is 0 Å². The summed E-state index contributed by atoms with van der Waals surface area (Å²) < 4.78 is 0. The molecule has 0 bridgehead atoms. The molecular weight excluding hydrogens is 268 g/mol. The molecular formula is C12H16N2O2S2. The van der Waals surface area contributed by atoms with Crippen LogP contribution in [0.2, 0.25) is 0 Å². The molecule has 1 atom stereocenters. The second kappa shape index (κ2) is 6.70. The van der Waals surface area contributed by atoms with Crippen LogP contribution in [0.3, 0.4) is 0 Å². The first-order valence-electron chi connectivity index (χ1n) is 5.52. The van der Waals surface area contributed by atoms with Crippen molar-refractivity contribution < 1.29 is 9.59 Å². The van der Waals surface area contributed by atoms with E-state index >= 15 is 0 Å². The van der Waals surface area contributed by atoms with Crippen molar-refractivity contribution in [3.8, 4) is 0 Å². The van der Waals surface area contributed by atoms with Gasteiger partial charge in [0.25, 0.3) is 11.8 Å². The summed E-state index contributed by atoms with van der Waals surface area (Å²) in [4.78, 5) is 25.1. The maximum Gasteiger partial charge on any atom is 0.265 e. The highest BCUT2D eigenvalue weighted by atomic mass is 32.2. The molecule has 1 saturated heterocycles. The van der Waals surface area contributed by atoms with Crippen molar-refractivity contribution in [3.63, 3.8) is 0 Å². The Hall–Kier alpha value is -1.14. The average molecular weight is 284 g/mol. The summed E-state index contributed by atoms with van der Waals surface area (Å²) in [5.41, 5.74) is 0.159. The van der Waals surface area contributed by atoms with Gasteiger partial charge in [0, 0.05) is 11.8 Å². The van der Waals surface area contributed by atoms with E-state index < -0.39 is 5.91 Å². The lowest BCUT2D eigenvalue weighted by atomic mass is 10.1. The number of hydrogen-bond donors (Lipinski definition) is 1. The molecule has 1 unspecified atom stereocenters. The first-order chi connectivity index (χ1) is 8.51. The minimum absolute atomic E-state index is 0.139. The third-order valence-electron chi connectivity index (χ3n) is 2.55. The molecule has 0 aliphatic carbocycles. The lowest BCUT2D eigenvalue weighted by Crippen LogP contribution is -2.53. The molecule has 1 aliphatic heterocycles. The predicted octanol–water partition coefficient (Wildman–Crippen LogP) is 1.48. The zero-order chi connectivity index (χ0) is 13.7. The monoisotopic (exact) mass is 284 g/mol. The van der Waals surface area contributed by atoms with Crippen LogP contribution < -0.4 is 5.32 Å². The van der Waals surface area contributed by atoms with Gasteiger partial charge in [0.1, 0.15) is 5.57 Å². The molecule has 98 valence electrons. The fourth-order valence-electron chi connectivity index (χ4n) is 1.42. The van der Waals surface area contributed by atoms with Gasteiger partial charge in [-0.05, 0) is 24.9 Å². The first-order valence-corrected chi connectivity index (χ1v) is 7.21. The fourth-order valence-corrected chi connectivity index (χ4v) is 1.96. The summed E-state index contributed by atoms with van der Waals surface area (Å²) >= 11 is 6.64. The van der Waals surface area contributed by atoms with E-state index in [1.807, 2.05) is 13.2 Å². The van der Waals surface area contributed by atoms with E-state index in [0.29, 0.717) is 18.2 Å². The van der Waals surface area contributed by atoms with Crippen LogP contribution in [0.4, 0.5) is 0 Å². The van der Waals surface area contributed by atoms with Gasteiger partial charge in [-0.25, -0.2) is 0 Å². The third kappa shape index (κ3) is 3.43. The zero-order valence-electron chi connectivity index (χ0n) is 10.4. The number of thiocarbonyl (C=S) groups is 1. The van der Waals surface area contributed by atoms with Crippen LogP contribution in [-0.2, 0) is 9.59 Å². The fraction of sp³-hybridized carbons (Fsp3) is 0.417. The number of carbonyl (C=O) groups excluding carboxylic acids is 2. The number of thioether (sulfide) groups is 1. The summed E-state index contributed by atoms with van der Waals surface area (Å²) in [5.74, 6) is -0.768. The van der Waals surface area contributed by atoms with E-state index in [9.17, 15) is 9.59 Å². The number of amides is 2. The van der Waals surface area contributed by atoms with Gasteiger partial charge in [-0.15, -0.1) is 6.58 Å². The maximum absolute atomic E-state index is 12.1. The Morgan fingerprint density at radius 3 is 2.78 bits per heavy atom. The normalized spacial score (nSPS) is 20.0. The molecule has 1 fully saturated rings. The van der Waals surface area contributed by atoms with Crippen LogP contribution in [0.5, 0.6) is 0 Å². The highest BCUT2D eigenvalue weighted by molar-refractivity contribution is 7.99. The molecule has 1 aliphatic rings. The Morgan fingerprint density at radius 2 is 2.22 bits per heavy atom. The van der Waals surface area contributed by atoms with Crippen molar-refractivity contribution in [1.82, 2.24) is 10.2 Å². The Bertz CT molecular complexity index is 418. The van der Waals surface area contributed by atoms with Crippen LogP contribution in [0.25, 0.3) is 0 Å². The molecule has 0 radical (unpaired) electrons. The molecule has 1 N–H and O–H groups in total. The lowest BCUT2D eigenvalue weighted by Gasteiger charge is -2.27. The van der Waals surface area contributed by atoms with Gasteiger partial charge in [0.15, 0.2) is 5.11 Å². The Kier molecular flexibility index (Phi) is 5.55. The number of rotatable bonds is 5. The van der Waals surface area contributed by atoms with Crippen molar-refractivity contribution in [3.05, 3.63) is 24.3 Å². The standard InChI is InChI=1S/C12H16N2O2S2/c1-4-7-14-11(16)9(6-5-8(2)18-3)10(15)13-12(14)17/h4,6,8H,1,5,7H2,2-3H3,(H,13,15,17)/b9-6-. The molecule has 0 aromatic rings. The largest absolute Gasteiger partial charge is 0.298 e. The van der Waals surface area contributed by atoms with Gasteiger partial charge in [-0.1, -0.05) is 19.1 Å². The number of nitrogens with one attached hydrogen (secondary N) is 1. The minimum atomic E-state index is -0.418. The van der Waals surface area contributed by atoms with E-state index in [-0.39, 0.29) is 16.6 Å². The van der Waals surface area contributed by atoms with Gasteiger partial charge in [-0.3, -0.25) is 19.8 Å². The van der Waals surface area contributed by atoms with Gasteiger partial charge < -0.3 is 0 Å². The molecule has 6 heteroatoms. The molecule has 0 aromatic carbocycles. The summed E-state index contributed by atoms with van der Waals surface area (Å²) in [6.45, 7) is 5.91. The summed E-state index contributed by atoms with van der Waals surface area (Å²) in [7, 11) is 0. The highest BCUT2D eigenvalue weighted by Gasteiger charge is 2.32. The summed E-state index contributed by atoms with van der Waals surface area (Å²) in [6.07, 6.45) is 5.91. The van der Waals surface area contributed by atoms with E-state index in [2.05, 4.69) is 11.9 Å². The predicted molar refractivity (Wildman–Crippen MR) is 78.3 cm³/mol. The van der Waals surface area contributed by atoms with E-state index in [1.165, 1.54) is 4.90 Å².